The van der Waals surface area contributed by atoms with Gasteiger partial charge in [-0.3, -0.25) is 5.41 Å². The first-order valence-electron chi connectivity index (χ1n) is 5.27. The third kappa shape index (κ3) is 11.0. The molecular formula is C11H16F2N2O2S. The van der Waals surface area contributed by atoms with E-state index in [0.29, 0.717) is 6.42 Å². The van der Waals surface area contributed by atoms with Gasteiger partial charge in [-0.2, -0.15) is 8.42 Å². The van der Waals surface area contributed by atoms with E-state index in [0.717, 1.165) is 12.8 Å². The molecule has 0 radical (unpaired) electrons. The maximum atomic E-state index is 9.99. The van der Waals surface area contributed by atoms with E-state index in [1.165, 1.54) is 11.1 Å². The number of benzene rings is 1. The maximum absolute atomic E-state index is 9.99. The number of nitrogens with one attached hydrogen (secondary N) is 1. The van der Waals surface area contributed by atoms with Crippen molar-refractivity contribution in [3.8, 4) is 0 Å². The van der Waals surface area contributed by atoms with Crippen LogP contribution in [0.2, 0.25) is 0 Å². The molecule has 0 aliphatic rings. The lowest BCUT2D eigenvalue weighted by atomic mass is 10.1. The molecule has 0 aliphatic carbocycles. The lowest BCUT2D eigenvalue weighted by Crippen LogP contribution is -2.10. The van der Waals surface area contributed by atoms with Crippen molar-refractivity contribution in [3.05, 3.63) is 35.4 Å². The maximum Gasteiger partial charge on any atom is 0.476 e. The van der Waals surface area contributed by atoms with E-state index in [4.69, 9.17) is 19.6 Å². The number of halogens is 2. The highest BCUT2D eigenvalue weighted by Crippen LogP contribution is 2.06. The molecule has 0 aliphatic heterocycles. The third-order valence-electron chi connectivity index (χ3n) is 2.11. The normalized spacial score (nSPS) is 10.4. The SMILES string of the molecule is CCc1ccc(CCC(=N)N)cc1.O=S(=O)(F)F. The Morgan fingerprint density at radius 1 is 1.22 bits per heavy atom. The van der Waals surface area contributed by atoms with E-state index in [1.54, 1.807) is 0 Å². The first-order chi connectivity index (χ1) is 8.22. The van der Waals surface area contributed by atoms with Gasteiger partial charge in [-0.05, 0) is 24.0 Å². The second-order valence-corrected chi connectivity index (χ2v) is 4.33. The summed E-state index contributed by atoms with van der Waals surface area (Å²) in [6, 6.07) is 8.49. The minimum absolute atomic E-state index is 0.263. The Kier molecular flexibility index (Phi) is 7.11. The molecule has 0 fully saturated rings. The number of hydrogen-bond donors (Lipinski definition) is 2. The summed E-state index contributed by atoms with van der Waals surface area (Å²) in [7, 11) is -5.67. The molecule has 7 heteroatoms. The zero-order valence-electron chi connectivity index (χ0n) is 9.99. The van der Waals surface area contributed by atoms with E-state index in [1.807, 2.05) is 0 Å². The lowest BCUT2D eigenvalue weighted by molar-refractivity contribution is 0.501. The molecule has 1 aromatic rings. The Hall–Kier alpha value is -1.50. The highest BCUT2D eigenvalue weighted by Gasteiger charge is 1.95. The first-order valence-corrected chi connectivity index (χ1v) is 6.55. The summed E-state index contributed by atoms with van der Waals surface area (Å²) in [5.74, 6) is 0.263. The molecular weight excluding hydrogens is 262 g/mol. The molecule has 0 saturated carbocycles. The van der Waals surface area contributed by atoms with Gasteiger partial charge in [0.15, 0.2) is 0 Å². The minimum Gasteiger partial charge on any atom is -0.388 e. The van der Waals surface area contributed by atoms with Gasteiger partial charge in [-0.25, -0.2) is 0 Å². The van der Waals surface area contributed by atoms with Crippen LogP contribution in [0.3, 0.4) is 0 Å². The van der Waals surface area contributed by atoms with Crippen molar-refractivity contribution in [2.45, 2.75) is 26.2 Å². The summed E-state index contributed by atoms with van der Waals surface area (Å²) in [5.41, 5.74) is 7.89. The van der Waals surface area contributed by atoms with E-state index in [2.05, 4.69) is 31.2 Å². The van der Waals surface area contributed by atoms with Crippen LogP contribution in [0.5, 0.6) is 0 Å². The standard InChI is InChI=1S/C11H16N2.F2O2S/c1-2-9-3-5-10(6-4-9)7-8-11(12)13;1-5(2,3)4/h3-6H,2,7-8H2,1H3,(H3,12,13);. The predicted octanol–water partition coefficient (Wildman–Crippen LogP) is 2.29. The second kappa shape index (κ2) is 7.75. The van der Waals surface area contributed by atoms with Gasteiger partial charge in [0.1, 0.15) is 0 Å². The highest BCUT2D eigenvalue weighted by atomic mass is 32.3. The Morgan fingerprint density at radius 2 is 1.61 bits per heavy atom. The fraction of sp³-hybridized carbons (Fsp3) is 0.364. The summed E-state index contributed by atoms with van der Waals surface area (Å²) in [5, 5.41) is 7.10. The monoisotopic (exact) mass is 278 g/mol. The zero-order valence-corrected chi connectivity index (χ0v) is 10.8. The van der Waals surface area contributed by atoms with Crippen molar-refractivity contribution in [1.82, 2.24) is 0 Å². The van der Waals surface area contributed by atoms with Gasteiger partial charge in [0.05, 0.1) is 5.84 Å². The first kappa shape index (κ1) is 16.5. The fourth-order valence-corrected chi connectivity index (χ4v) is 1.22. The molecule has 0 spiro atoms. The largest absolute Gasteiger partial charge is 0.476 e. The molecule has 102 valence electrons. The van der Waals surface area contributed by atoms with E-state index in [-0.39, 0.29) is 5.84 Å². The van der Waals surface area contributed by atoms with Crippen molar-refractivity contribution in [3.63, 3.8) is 0 Å². The Morgan fingerprint density at radius 3 is 1.94 bits per heavy atom. The quantitative estimate of drug-likeness (QED) is 0.503. The van der Waals surface area contributed by atoms with Crippen LogP contribution in [0.15, 0.2) is 24.3 Å². The number of hydrogen-bond acceptors (Lipinski definition) is 3. The predicted molar refractivity (Wildman–Crippen MR) is 67.2 cm³/mol. The molecule has 0 amide bonds. The number of rotatable bonds is 4. The molecule has 0 bridgehead atoms. The Labute approximate surface area is 106 Å². The Balaban J connectivity index is 0.000000494. The summed E-state index contributed by atoms with van der Waals surface area (Å²) in [6.07, 6.45) is 2.61. The van der Waals surface area contributed by atoms with Gasteiger partial charge in [0.2, 0.25) is 0 Å². The van der Waals surface area contributed by atoms with Crippen LogP contribution in [-0.4, -0.2) is 14.3 Å². The van der Waals surface area contributed by atoms with E-state index < -0.39 is 10.6 Å². The average Bonchev–Trinajstić information content (AvgIpc) is 2.25. The summed E-state index contributed by atoms with van der Waals surface area (Å²) in [6.45, 7) is 2.14. The van der Waals surface area contributed by atoms with Gasteiger partial charge in [0.25, 0.3) is 0 Å². The number of aryl methyl sites for hydroxylation is 2. The van der Waals surface area contributed by atoms with E-state index >= 15 is 0 Å². The van der Waals surface area contributed by atoms with Crippen LogP contribution in [0.25, 0.3) is 0 Å². The molecule has 0 aromatic heterocycles. The van der Waals surface area contributed by atoms with Crippen LogP contribution in [-0.2, 0) is 23.5 Å². The van der Waals surface area contributed by atoms with Gasteiger partial charge in [-0.1, -0.05) is 39.0 Å². The van der Waals surface area contributed by atoms with E-state index in [9.17, 15) is 7.77 Å². The Bertz CT molecular complexity index is 464. The van der Waals surface area contributed by atoms with Crippen molar-refractivity contribution in [1.29, 1.82) is 5.41 Å². The number of amidine groups is 1. The molecule has 1 aromatic carbocycles. The number of nitrogens with two attached hydrogens (primary N) is 1. The molecule has 4 nitrogen and oxygen atoms in total. The zero-order chi connectivity index (χ0) is 14.2. The van der Waals surface area contributed by atoms with Crippen LogP contribution in [0.1, 0.15) is 24.5 Å². The third-order valence-corrected chi connectivity index (χ3v) is 2.11. The molecule has 18 heavy (non-hydrogen) atoms. The van der Waals surface area contributed by atoms with Crippen LogP contribution >= 0.6 is 0 Å². The van der Waals surface area contributed by atoms with Gasteiger partial charge in [0, 0.05) is 6.42 Å². The van der Waals surface area contributed by atoms with Crippen molar-refractivity contribution in [2.75, 3.05) is 0 Å². The van der Waals surface area contributed by atoms with Gasteiger partial charge >= 0.3 is 10.6 Å². The lowest BCUT2D eigenvalue weighted by Gasteiger charge is -2.01. The molecule has 0 atom stereocenters. The van der Waals surface area contributed by atoms with Crippen LogP contribution in [0, 0.1) is 5.41 Å². The summed E-state index contributed by atoms with van der Waals surface area (Å²) >= 11 is 0. The summed E-state index contributed by atoms with van der Waals surface area (Å²) in [4.78, 5) is 0. The minimum atomic E-state index is -5.67. The van der Waals surface area contributed by atoms with Crippen LogP contribution in [0.4, 0.5) is 7.77 Å². The van der Waals surface area contributed by atoms with Crippen LogP contribution < -0.4 is 5.73 Å². The van der Waals surface area contributed by atoms with Crippen molar-refractivity contribution in [2.24, 2.45) is 5.73 Å². The molecule has 3 N–H and O–H groups in total. The highest BCUT2D eigenvalue weighted by molar-refractivity contribution is 7.81. The molecule has 0 unspecified atom stereocenters. The molecule has 1 rings (SSSR count). The van der Waals surface area contributed by atoms with Gasteiger partial charge in [-0.15, -0.1) is 0 Å². The molecule has 0 saturated heterocycles. The fourth-order valence-electron chi connectivity index (χ4n) is 1.22. The topological polar surface area (TPSA) is 84.0 Å². The molecule has 0 heterocycles. The van der Waals surface area contributed by atoms with Gasteiger partial charge < -0.3 is 5.73 Å². The summed E-state index contributed by atoms with van der Waals surface area (Å²) < 4.78 is 36.6. The second-order valence-electron chi connectivity index (χ2n) is 3.57. The average molecular weight is 278 g/mol. The van der Waals surface area contributed by atoms with Crippen molar-refractivity contribution < 1.29 is 16.2 Å². The smallest absolute Gasteiger partial charge is 0.388 e. The van der Waals surface area contributed by atoms with Crippen molar-refractivity contribution >= 4 is 16.4 Å².